The Morgan fingerprint density at radius 2 is 1.89 bits per heavy atom. The van der Waals surface area contributed by atoms with Gasteiger partial charge >= 0.3 is 0 Å². The van der Waals surface area contributed by atoms with Crippen LogP contribution < -0.4 is 5.32 Å². The fourth-order valence-electron chi connectivity index (χ4n) is 3.71. The maximum atomic E-state index is 12.3. The van der Waals surface area contributed by atoms with Gasteiger partial charge in [-0.2, -0.15) is 0 Å². The van der Waals surface area contributed by atoms with E-state index in [1.165, 1.54) is 5.56 Å². The van der Waals surface area contributed by atoms with Crippen LogP contribution in [0.5, 0.6) is 0 Å². The molecular weight excluding hydrogens is 485 g/mol. The Kier molecular flexibility index (Phi) is 9.73. The van der Waals surface area contributed by atoms with E-state index >= 15 is 0 Å². The predicted octanol–water partition coefficient (Wildman–Crippen LogP) is 3.91. The van der Waals surface area contributed by atoms with Crippen LogP contribution in [0.15, 0.2) is 35.3 Å². The maximum absolute atomic E-state index is 12.3. The summed E-state index contributed by atoms with van der Waals surface area (Å²) in [5, 5.41) is 3.26. The summed E-state index contributed by atoms with van der Waals surface area (Å²) >= 11 is 0. The molecule has 0 saturated carbocycles. The van der Waals surface area contributed by atoms with E-state index in [4.69, 9.17) is 0 Å². The average molecular weight is 522 g/mol. The Bertz CT molecular complexity index is 730. The van der Waals surface area contributed by atoms with Crippen molar-refractivity contribution in [1.82, 2.24) is 10.2 Å². The lowest BCUT2D eigenvalue weighted by Gasteiger charge is -2.40. The molecule has 0 amide bonds. The molecule has 0 radical (unpaired) electrons. The summed E-state index contributed by atoms with van der Waals surface area (Å²) in [5.41, 5.74) is 1.42. The van der Waals surface area contributed by atoms with Gasteiger partial charge in [0.2, 0.25) is 0 Å². The number of sulfone groups is 1. The number of halogens is 1. The summed E-state index contributed by atoms with van der Waals surface area (Å²) in [6.07, 6.45) is 2.20. The van der Waals surface area contributed by atoms with Gasteiger partial charge < -0.3 is 10.2 Å². The van der Waals surface area contributed by atoms with Crippen LogP contribution in [0.1, 0.15) is 52.0 Å². The van der Waals surface area contributed by atoms with Gasteiger partial charge in [-0.25, -0.2) is 8.42 Å². The van der Waals surface area contributed by atoms with Crippen molar-refractivity contribution in [3.8, 4) is 0 Å². The van der Waals surface area contributed by atoms with E-state index in [1.54, 1.807) is 27.8 Å². The second-order valence-corrected chi connectivity index (χ2v) is 11.2. The smallest absolute Gasteiger partial charge is 0.193 e. The van der Waals surface area contributed by atoms with Crippen LogP contribution >= 0.6 is 24.0 Å². The largest absolute Gasteiger partial charge is 0.355 e. The molecular formula is C21H36IN3O2S. The number of aliphatic imine (C=N–C) groups is 1. The van der Waals surface area contributed by atoms with Crippen LogP contribution in [-0.4, -0.2) is 56.5 Å². The molecule has 1 N–H and O–H groups in total. The number of rotatable bonds is 5. The zero-order valence-electron chi connectivity index (χ0n) is 17.8. The number of guanidine groups is 1. The van der Waals surface area contributed by atoms with Crippen molar-refractivity contribution in [1.29, 1.82) is 0 Å². The molecule has 1 aliphatic heterocycles. The molecule has 0 spiro atoms. The first-order valence-corrected chi connectivity index (χ1v) is 11.6. The van der Waals surface area contributed by atoms with E-state index < -0.39 is 14.6 Å². The number of benzene rings is 1. The minimum Gasteiger partial charge on any atom is -0.355 e. The normalized spacial score (nSPS) is 21.2. The third-order valence-electron chi connectivity index (χ3n) is 5.58. The topological polar surface area (TPSA) is 61.8 Å². The lowest BCUT2D eigenvalue weighted by molar-refractivity contribution is 0.216. The van der Waals surface area contributed by atoms with Gasteiger partial charge in [0, 0.05) is 26.7 Å². The van der Waals surface area contributed by atoms with Crippen LogP contribution in [-0.2, 0) is 9.84 Å². The molecule has 2 rings (SSSR count). The lowest BCUT2D eigenvalue weighted by Crippen LogP contribution is -2.49. The number of nitrogens with one attached hydrogen (secondary N) is 1. The average Bonchev–Trinajstić information content (AvgIpc) is 2.64. The summed E-state index contributed by atoms with van der Waals surface area (Å²) in [5.74, 6) is 2.07. The molecule has 1 saturated heterocycles. The first-order chi connectivity index (χ1) is 12.7. The van der Waals surface area contributed by atoms with Crippen molar-refractivity contribution in [2.24, 2.45) is 10.9 Å². The van der Waals surface area contributed by atoms with Crippen molar-refractivity contribution < 1.29 is 8.42 Å². The zero-order valence-corrected chi connectivity index (χ0v) is 21.0. The first-order valence-electron chi connectivity index (χ1n) is 9.92. The molecule has 160 valence electrons. The highest BCUT2D eigenvalue weighted by Gasteiger charge is 2.31. The number of hydrogen-bond donors (Lipinski definition) is 1. The van der Waals surface area contributed by atoms with Crippen LogP contribution in [0.4, 0.5) is 0 Å². The molecule has 5 nitrogen and oxygen atoms in total. The highest BCUT2D eigenvalue weighted by Crippen LogP contribution is 2.34. The van der Waals surface area contributed by atoms with Gasteiger partial charge in [0.15, 0.2) is 15.8 Å². The Labute approximate surface area is 188 Å². The fourth-order valence-corrected chi connectivity index (χ4v) is 4.70. The molecule has 0 aromatic heterocycles. The minimum absolute atomic E-state index is 0. The Morgan fingerprint density at radius 1 is 1.25 bits per heavy atom. The summed E-state index contributed by atoms with van der Waals surface area (Å²) in [7, 11) is -1.36. The van der Waals surface area contributed by atoms with Crippen LogP contribution in [0, 0.1) is 5.92 Å². The second kappa shape index (κ2) is 10.8. The van der Waals surface area contributed by atoms with Gasteiger partial charge in [0.1, 0.15) is 0 Å². The molecule has 2 unspecified atom stereocenters. The second-order valence-electron chi connectivity index (χ2n) is 8.33. The van der Waals surface area contributed by atoms with Crippen molar-refractivity contribution in [3.63, 3.8) is 0 Å². The van der Waals surface area contributed by atoms with Gasteiger partial charge in [0.25, 0.3) is 0 Å². The molecule has 7 heteroatoms. The molecule has 1 heterocycles. The summed E-state index contributed by atoms with van der Waals surface area (Å²) < 4.78 is 23.9. The first kappa shape index (κ1) is 25.2. The van der Waals surface area contributed by atoms with Gasteiger partial charge in [-0.15, -0.1) is 24.0 Å². The van der Waals surface area contributed by atoms with Crippen LogP contribution in [0.25, 0.3) is 0 Å². The van der Waals surface area contributed by atoms with Crippen molar-refractivity contribution >= 4 is 39.8 Å². The summed E-state index contributed by atoms with van der Waals surface area (Å²) in [6, 6.07) is 10.8. The monoisotopic (exact) mass is 521 g/mol. The Balaban J connectivity index is 0.00000392. The highest BCUT2D eigenvalue weighted by atomic mass is 127. The SMILES string of the molecule is CCC1CN(C(=NC)NCCS(=O)(=O)C(C)(C)C)CCC1c1ccccc1.I. The third kappa shape index (κ3) is 6.34. The van der Waals surface area contributed by atoms with Gasteiger partial charge in [-0.05, 0) is 44.6 Å². The summed E-state index contributed by atoms with van der Waals surface area (Å²) in [4.78, 5) is 6.67. The van der Waals surface area contributed by atoms with Gasteiger partial charge in [0.05, 0.1) is 10.5 Å². The molecule has 28 heavy (non-hydrogen) atoms. The standard InChI is InChI=1S/C21H35N3O2S.HI/c1-6-17-16-24(14-12-19(17)18-10-8-7-9-11-18)20(22-5)23-13-15-27(25,26)21(2,3)4;/h7-11,17,19H,6,12-16H2,1-5H3,(H,22,23);1H. The van der Waals surface area contributed by atoms with E-state index in [1.807, 2.05) is 0 Å². The highest BCUT2D eigenvalue weighted by molar-refractivity contribution is 14.0. The molecule has 1 aromatic rings. The van der Waals surface area contributed by atoms with Crippen molar-refractivity contribution in [2.75, 3.05) is 32.4 Å². The van der Waals surface area contributed by atoms with E-state index in [0.717, 1.165) is 31.9 Å². The van der Waals surface area contributed by atoms with Gasteiger partial charge in [-0.1, -0.05) is 43.7 Å². The Hall–Kier alpha value is -0.830. The Morgan fingerprint density at radius 3 is 2.43 bits per heavy atom. The van der Waals surface area contributed by atoms with E-state index in [0.29, 0.717) is 18.4 Å². The molecule has 0 bridgehead atoms. The number of nitrogens with zero attached hydrogens (tertiary/aromatic N) is 2. The number of piperidine rings is 1. The number of likely N-dealkylation sites (tertiary alicyclic amines) is 1. The van der Waals surface area contributed by atoms with Crippen LogP contribution in [0.2, 0.25) is 0 Å². The molecule has 1 aromatic carbocycles. The van der Waals surface area contributed by atoms with Crippen molar-refractivity contribution in [2.45, 2.75) is 51.2 Å². The predicted molar refractivity (Wildman–Crippen MR) is 129 cm³/mol. The maximum Gasteiger partial charge on any atom is 0.193 e. The molecule has 1 aliphatic rings. The van der Waals surface area contributed by atoms with Gasteiger partial charge in [-0.3, -0.25) is 4.99 Å². The quantitative estimate of drug-likeness (QED) is 0.363. The molecule has 2 atom stereocenters. The zero-order chi connectivity index (χ0) is 20.1. The van der Waals surface area contributed by atoms with E-state index in [2.05, 4.69) is 52.5 Å². The van der Waals surface area contributed by atoms with E-state index in [9.17, 15) is 8.42 Å². The molecule has 0 aliphatic carbocycles. The minimum atomic E-state index is -3.13. The van der Waals surface area contributed by atoms with Crippen molar-refractivity contribution in [3.05, 3.63) is 35.9 Å². The number of hydrogen-bond acceptors (Lipinski definition) is 3. The summed E-state index contributed by atoms with van der Waals surface area (Å²) in [6.45, 7) is 9.76. The third-order valence-corrected chi connectivity index (χ3v) is 8.19. The lowest BCUT2D eigenvalue weighted by atomic mass is 9.79. The van der Waals surface area contributed by atoms with Crippen LogP contribution in [0.3, 0.4) is 0 Å². The van der Waals surface area contributed by atoms with E-state index in [-0.39, 0.29) is 29.7 Å². The molecule has 1 fully saturated rings. The fraction of sp³-hybridized carbons (Fsp3) is 0.667.